The number of halogens is 2. The SMILES string of the molecule is O=C(O)C1(Cc2cc(F)ccc2Br)CC2CCC1O2. The summed E-state index contributed by atoms with van der Waals surface area (Å²) < 4.78 is 19.8. The number of benzene rings is 1. The fraction of sp³-hybridized carbons (Fsp3) is 0.500. The molecule has 3 unspecified atom stereocenters. The number of rotatable bonds is 3. The minimum atomic E-state index is -0.904. The number of carbonyl (C=O) groups is 1. The van der Waals surface area contributed by atoms with Gasteiger partial charge in [0.05, 0.1) is 12.2 Å². The second kappa shape index (κ2) is 4.56. The summed E-state index contributed by atoms with van der Waals surface area (Å²) in [5.41, 5.74) is -0.210. The molecule has 1 N–H and O–H groups in total. The Labute approximate surface area is 118 Å². The molecule has 0 radical (unpaired) electrons. The van der Waals surface area contributed by atoms with Crippen LogP contribution >= 0.6 is 15.9 Å². The van der Waals surface area contributed by atoms with E-state index >= 15 is 0 Å². The van der Waals surface area contributed by atoms with Crippen molar-refractivity contribution in [3.8, 4) is 0 Å². The van der Waals surface area contributed by atoms with Gasteiger partial charge in [0.1, 0.15) is 11.2 Å². The second-order valence-corrected chi connectivity index (χ2v) is 6.26. The molecule has 3 atom stereocenters. The highest BCUT2D eigenvalue weighted by atomic mass is 79.9. The highest BCUT2D eigenvalue weighted by Crippen LogP contribution is 2.50. The fourth-order valence-corrected chi connectivity index (χ4v) is 3.69. The molecule has 0 spiro atoms. The van der Waals surface area contributed by atoms with Gasteiger partial charge in [0.2, 0.25) is 0 Å². The van der Waals surface area contributed by atoms with Crippen molar-refractivity contribution in [2.75, 3.05) is 0 Å². The average molecular weight is 329 g/mol. The van der Waals surface area contributed by atoms with Gasteiger partial charge in [0.15, 0.2) is 0 Å². The summed E-state index contributed by atoms with van der Waals surface area (Å²) >= 11 is 3.36. The first-order valence-electron chi connectivity index (χ1n) is 6.34. The predicted molar refractivity (Wildman–Crippen MR) is 70.4 cm³/mol. The van der Waals surface area contributed by atoms with Crippen molar-refractivity contribution in [3.63, 3.8) is 0 Å². The zero-order valence-corrected chi connectivity index (χ0v) is 11.8. The van der Waals surface area contributed by atoms with Gasteiger partial charge in [0, 0.05) is 4.47 Å². The topological polar surface area (TPSA) is 46.5 Å². The summed E-state index contributed by atoms with van der Waals surface area (Å²) in [6.45, 7) is 0. The van der Waals surface area contributed by atoms with E-state index < -0.39 is 11.4 Å². The van der Waals surface area contributed by atoms with Crippen molar-refractivity contribution in [3.05, 3.63) is 34.1 Å². The monoisotopic (exact) mass is 328 g/mol. The minimum absolute atomic E-state index is 0.0495. The Hall–Kier alpha value is -0.940. The Morgan fingerprint density at radius 2 is 2.32 bits per heavy atom. The molecule has 0 saturated carbocycles. The van der Waals surface area contributed by atoms with Crippen LogP contribution in [-0.2, 0) is 16.0 Å². The van der Waals surface area contributed by atoms with Crippen LogP contribution in [0.3, 0.4) is 0 Å². The molecule has 19 heavy (non-hydrogen) atoms. The normalized spacial score (nSPS) is 32.7. The lowest BCUT2D eigenvalue weighted by atomic mass is 9.70. The standard InChI is InChI=1S/C14H14BrFO3/c15-11-3-1-9(16)5-8(11)6-14(13(17)18)7-10-2-4-12(14)19-10/h1,3,5,10,12H,2,4,6-7H2,(H,17,18). The maximum absolute atomic E-state index is 13.3. The first kappa shape index (κ1) is 13.1. The molecular weight excluding hydrogens is 315 g/mol. The summed E-state index contributed by atoms with van der Waals surface area (Å²) in [7, 11) is 0. The van der Waals surface area contributed by atoms with Gasteiger partial charge >= 0.3 is 5.97 Å². The fourth-order valence-electron chi connectivity index (χ4n) is 3.31. The first-order chi connectivity index (χ1) is 9.01. The summed E-state index contributed by atoms with van der Waals surface area (Å²) in [6.07, 6.45) is 2.35. The molecule has 2 saturated heterocycles. The molecule has 102 valence electrons. The Bertz CT molecular complexity index is 533. The average Bonchev–Trinajstić information content (AvgIpc) is 2.94. The second-order valence-electron chi connectivity index (χ2n) is 5.40. The van der Waals surface area contributed by atoms with Crippen LogP contribution in [0, 0.1) is 11.2 Å². The third-order valence-electron chi connectivity index (χ3n) is 4.26. The van der Waals surface area contributed by atoms with Crippen molar-refractivity contribution in [1.82, 2.24) is 0 Å². The first-order valence-corrected chi connectivity index (χ1v) is 7.13. The lowest BCUT2D eigenvalue weighted by Crippen LogP contribution is -2.42. The molecule has 0 aromatic heterocycles. The number of hydrogen-bond donors (Lipinski definition) is 1. The van der Waals surface area contributed by atoms with Crippen molar-refractivity contribution in [2.45, 2.75) is 37.9 Å². The molecule has 0 aliphatic carbocycles. The number of ether oxygens (including phenoxy) is 1. The summed E-state index contributed by atoms with van der Waals surface area (Å²) in [5, 5.41) is 9.62. The van der Waals surface area contributed by atoms with Crippen LogP contribution in [0.25, 0.3) is 0 Å². The Morgan fingerprint density at radius 3 is 2.89 bits per heavy atom. The van der Waals surface area contributed by atoms with Crippen LogP contribution in [0.1, 0.15) is 24.8 Å². The van der Waals surface area contributed by atoms with Gasteiger partial charge in [-0.05, 0) is 49.4 Å². The van der Waals surface area contributed by atoms with Gasteiger partial charge < -0.3 is 9.84 Å². The molecule has 3 nitrogen and oxygen atoms in total. The van der Waals surface area contributed by atoms with E-state index in [0.717, 1.165) is 17.3 Å². The summed E-state index contributed by atoms with van der Waals surface area (Å²) in [5.74, 6) is -1.18. The number of carboxylic acid groups (broad SMARTS) is 1. The largest absolute Gasteiger partial charge is 0.481 e. The number of fused-ring (bicyclic) bond motifs is 2. The molecule has 0 amide bonds. The van der Waals surface area contributed by atoms with E-state index in [9.17, 15) is 14.3 Å². The van der Waals surface area contributed by atoms with Gasteiger partial charge in [-0.3, -0.25) is 4.79 Å². The van der Waals surface area contributed by atoms with Crippen molar-refractivity contribution in [2.24, 2.45) is 5.41 Å². The van der Waals surface area contributed by atoms with E-state index in [1.165, 1.54) is 12.1 Å². The van der Waals surface area contributed by atoms with Crippen LogP contribution in [0.5, 0.6) is 0 Å². The smallest absolute Gasteiger partial charge is 0.312 e. The van der Waals surface area contributed by atoms with Gasteiger partial charge in [-0.2, -0.15) is 0 Å². The third kappa shape index (κ3) is 2.09. The summed E-state index contributed by atoms with van der Waals surface area (Å²) in [6, 6.07) is 4.38. The Kier molecular flexibility index (Phi) is 3.14. The van der Waals surface area contributed by atoms with Crippen LogP contribution in [-0.4, -0.2) is 23.3 Å². The maximum Gasteiger partial charge on any atom is 0.312 e. The van der Waals surface area contributed by atoms with E-state index in [4.69, 9.17) is 4.74 Å². The molecular formula is C14H14BrFO3. The van der Waals surface area contributed by atoms with E-state index in [-0.39, 0.29) is 18.0 Å². The quantitative estimate of drug-likeness (QED) is 0.927. The van der Waals surface area contributed by atoms with Crippen molar-refractivity contribution >= 4 is 21.9 Å². The van der Waals surface area contributed by atoms with Crippen LogP contribution in [0.15, 0.2) is 22.7 Å². The van der Waals surface area contributed by atoms with Gasteiger partial charge in [-0.15, -0.1) is 0 Å². The van der Waals surface area contributed by atoms with Gasteiger partial charge in [-0.1, -0.05) is 15.9 Å². The molecule has 2 heterocycles. The van der Waals surface area contributed by atoms with E-state index in [1.54, 1.807) is 6.07 Å². The van der Waals surface area contributed by atoms with Crippen molar-refractivity contribution in [1.29, 1.82) is 0 Å². The Balaban J connectivity index is 1.95. The lowest BCUT2D eigenvalue weighted by molar-refractivity contribution is -0.152. The zero-order valence-electron chi connectivity index (χ0n) is 10.2. The van der Waals surface area contributed by atoms with Gasteiger partial charge in [0.25, 0.3) is 0 Å². The molecule has 2 aliphatic heterocycles. The molecule has 1 aromatic carbocycles. The highest BCUT2D eigenvalue weighted by Gasteiger charge is 2.57. The molecule has 1 aromatic rings. The summed E-state index contributed by atoms with van der Waals surface area (Å²) in [4.78, 5) is 11.7. The molecule has 2 aliphatic rings. The minimum Gasteiger partial charge on any atom is -0.481 e. The predicted octanol–water partition coefficient (Wildman–Crippen LogP) is 3.15. The Morgan fingerprint density at radius 1 is 1.53 bits per heavy atom. The van der Waals surface area contributed by atoms with E-state index in [0.29, 0.717) is 18.4 Å². The number of carboxylic acids is 1. The number of aliphatic carboxylic acids is 1. The molecule has 2 bridgehead atoms. The number of hydrogen-bond acceptors (Lipinski definition) is 2. The molecule has 3 rings (SSSR count). The maximum atomic E-state index is 13.3. The van der Waals surface area contributed by atoms with Crippen LogP contribution in [0.4, 0.5) is 4.39 Å². The molecule has 5 heteroatoms. The molecule has 2 fully saturated rings. The lowest BCUT2D eigenvalue weighted by Gasteiger charge is -2.31. The van der Waals surface area contributed by atoms with E-state index in [1.807, 2.05) is 0 Å². The zero-order chi connectivity index (χ0) is 13.6. The van der Waals surface area contributed by atoms with Gasteiger partial charge in [-0.25, -0.2) is 4.39 Å². The van der Waals surface area contributed by atoms with Crippen LogP contribution < -0.4 is 0 Å². The van der Waals surface area contributed by atoms with E-state index in [2.05, 4.69) is 15.9 Å². The van der Waals surface area contributed by atoms with Crippen LogP contribution in [0.2, 0.25) is 0 Å². The third-order valence-corrected chi connectivity index (χ3v) is 5.03. The van der Waals surface area contributed by atoms with Crippen molar-refractivity contribution < 1.29 is 19.0 Å². The highest BCUT2D eigenvalue weighted by molar-refractivity contribution is 9.10.